The lowest BCUT2D eigenvalue weighted by molar-refractivity contribution is -0.122. The maximum Gasteiger partial charge on any atom is 0.220 e. The fourth-order valence-electron chi connectivity index (χ4n) is 1.29. The summed E-state index contributed by atoms with van der Waals surface area (Å²) in [5.74, 6) is 0.516. The van der Waals surface area contributed by atoms with Gasteiger partial charge in [-0.2, -0.15) is 0 Å². The van der Waals surface area contributed by atoms with Crippen LogP contribution in [0.4, 0.5) is 0 Å². The van der Waals surface area contributed by atoms with E-state index in [1.807, 2.05) is 11.4 Å². The molecule has 1 atom stereocenters. The Morgan fingerprint density at radius 1 is 1.53 bits per heavy atom. The van der Waals surface area contributed by atoms with Crippen LogP contribution in [0.3, 0.4) is 0 Å². The molecule has 0 aromatic carbocycles. The van der Waals surface area contributed by atoms with Crippen molar-refractivity contribution in [3.05, 3.63) is 20.8 Å². The van der Waals surface area contributed by atoms with Crippen LogP contribution in [0.15, 0.2) is 15.9 Å². The van der Waals surface area contributed by atoms with E-state index in [2.05, 4.69) is 48.9 Å². The van der Waals surface area contributed by atoms with E-state index in [0.717, 1.165) is 4.47 Å². The van der Waals surface area contributed by atoms with Gasteiger partial charge in [-0.1, -0.05) is 27.7 Å². The fraction of sp³-hybridized carbons (Fsp3) is 0.615. The van der Waals surface area contributed by atoms with Crippen molar-refractivity contribution >= 4 is 33.2 Å². The van der Waals surface area contributed by atoms with Crippen molar-refractivity contribution in [2.75, 3.05) is 0 Å². The van der Waals surface area contributed by atoms with Crippen molar-refractivity contribution in [1.29, 1.82) is 0 Å². The van der Waals surface area contributed by atoms with Crippen molar-refractivity contribution in [3.63, 3.8) is 0 Å². The van der Waals surface area contributed by atoms with Crippen LogP contribution in [0.1, 0.15) is 39.0 Å². The summed E-state index contributed by atoms with van der Waals surface area (Å²) in [4.78, 5) is 13.0. The van der Waals surface area contributed by atoms with Crippen LogP contribution in [0.2, 0.25) is 0 Å². The molecule has 0 spiro atoms. The zero-order valence-electron chi connectivity index (χ0n) is 10.8. The molecule has 1 aromatic rings. The Hall–Kier alpha value is -0.350. The van der Waals surface area contributed by atoms with Gasteiger partial charge in [0.05, 0.1) is 6.54 Å². The Bertz CT molecular complexity index is 381. The van der Waals surface area contributed by atoms with E-state index in [1.165, 1.54) is 4.88 Å². The Balaban J connectivity index is 2.39. The van der Waals surface area contributed by atoms with Crippen LogP contribution in [0.5, 0.6) is 0 Å². The molecular weight excluding hydrogens is 298 g/mol. The number of rotatable bonds is 4. The number of amides is 1. The van der Waals surface area contributed by atoms with Gasteiger partial charge in [0.15, 0.2) is 0 Å². The van der Waals surface area contributed by atoms with Crippen molar-refractivity contribution < 1.29 is 4.79 Å². The SMILES string of the molecule is CC(CC(=O)NCc1sccc1Br)C(C)(C)C. The summed E-state index contributed by atoms with van der Waals surface area (Å²) in [6.45, 7) is 9.25. The molecule has 0 bridgehead atoms. The summed E-state index contributed by atoms with van der Waals surface area (Å²) in [6, 6.07) is 2.00. The third kappa shape index (κ3) is 4.80. The van der Waals surface area contributed by atoms with E-state index < -0.39 is 0 Å². The molecule has 96 valence electrons. The van der Waals surface area contributed by atoms with E-state index in [9.17, 15) is 4.79 Å². The first-order chi connectivity index (χ1) is 7.80. The van der Waals surface area contributed by atoms with Crippen molar-refractivity contribution in [3.8, 4) is 0 Å². The largest absolute Gasteiger partial charge is 0.351 e. The van der Waals surface area contributed by atoms with Crippen LogP contribution in [-0.4, -0.2) is 5.91 Å². The molecule has 1 unspecified atom stereocenters. The number of hydrogen-bond donors (Lipinski definition) is 1. The second-order valence-electron chi connectivity index (χ2n) is 5.44. The lowest BCUT2D eigenvalue weighted by Gasteiger charge is -2.26. The lowest BCUT2D eigenvalue weighted by Crippen LogP contribution is -2.28. The first-order valence-electron chi connectivity index (χ1n) is 5.79. The minimum Gasteiger partial charge on any atom is -0.351 e. The molecule has 4 heteroatoms. The monoisotopic (exact) mass is 317 g/mol. The van der Waals surface area contributed by atoms with E-state index in [4.69, 9.17) is 0 Å². The molecule has 2 nitrogen and oxygen atoms in total. The highest BCUT2D eigenvalue weighted by atomic mass is 79.9. The molecule has 0 aliphatic carbocycles. The number of halogens is 1. The van der Waals surface area contributed by atoms with E-state index in [-0.39, 0.29) is 11.3 Å². The van der Waals surface area contributed by atoms with E-state index in [1.54, 1.807) is 11.3 Å². The molecule has 17 heavy (non-hydrogen) atoms. The molecule has 0 aliphatic rings. The van der Waals surface area contributed by atoms with Crippen molar-refractivity contribution in [1.82, 2.24) is 5.32 Å². The summed E-state index contributed by atoms with van der Waals surface area (Å²) in [6.07, 6.45) is 0.590. The number of carbonyl (C=O) groups is 1. The minimum atomic E-state index is 0.132. The Kier molecular flexibility index (Phi) is 5.20. The zero-order chi connectivity index (χ0) is 13.1. The van der Waals surface area contributed by atoms with Crippen LogP contribution in [-0.2, 0) is 11.3 Å². The second-order valence-corrected chi connectivity index (χ2v) is 7.29. The van der Waals surface area contributed by atoms with Gasteiger partial charge < -0.3 is 5.32 Å². The van der Waals surface area contributed by atoms with Gasteiger partial charge in [-0.15, -0.1) is 11.3 Å². The zero-order valence-corrected chi connectivity index (χ0v) is 13.2. The third-order valence-electron chi connectivity index (χ3n) is 3.11. The molecular formula is C13H20BrNOS. The number of hydrogen-bond acceptors (Lipinski definition) is 2. The molecule has 1 heterocycles. The normalized spacial score (nSPS) is 13.5. The van der Waals surface area contributed by atoms with Gasteiger partial charge in [-0.25, -0.2) is 0 Å². The van der Waals surface area contributed by atoms with Crippen molar-refractivity contribution in [2.24, 2.45) is 11.3 Å². The third-order valence-corrected chi connectivity index (χ3v) is 5.03. The maximum atomic E-state index is 11.8. The van der Waals surface area contributed by atoms with Crippen LogP contribution in [0.25, 0.3) is 0 Å². The van der Waals surface area contributed by atoms with Gasteiger partial charge in [0.25, 0.3) is 0 Å². The lowest BCUT2D eigenvalue weighted by atomic mass is 9.80. The Labute approximate surface area is 116 Å². The van der Waals surface area contributed by atoms with Gasteiger partial charge in [0.2, 0.25) is 5.91 Å². The van der Waals surface area contributed by atoms with Gasteiger partial charge in [-0.05, 0) is 38.7 Å². The molecule has 0 saturated carbocycles. The molecule has 1 aromatic heterocycles. The molecule has 0 aliphatic heterocycles. The predicted octanol–water partition coefficient (Wildman–Crippen LogP) is 4.20. The Morgan fingerprint density at radius 2 is 2.18 bits per heavy atom. The van der Waals surface area contributed by atoms with Gasteiger partial charge in [0, 0.05) is 15.8 Å². The second kappa shape index (κ2) is 6.01. The van der Waals surface area contributed by atoms with Gasteiger partial charge in [0.1, 0.15) is 0 Å². The predicted molar refractivity (Wildman–Crippen MR) is 77.1 cm³/mol. The van der Waals surface area contributed by atoms with E-state index in [0.29, 0.717) is 18.9 Å². The average Bonchev–Trinajstić information content (AvgIpc) is 2.59. The van der Waals surface area contributed by atoms with Crippen molar-refractivity contribution in [2.45, 2.75) is 40.7 Å². The number of thiophene rings is 1. The number of nitrogens with one attached hydrogen (secondary N) is 1. The van der Waals surface area contributed by atoms with Crippen LogP contribution >= 0.6 is 27.3 Å². The highest BCUT2D eigenvalue weighted by Crippen LogP contribution is 2.28. The quantitative estimate of drug-likeness (QED) is 0.886. The molecule has 0 radical (unpaired) electrons. The smallest absolute Gasteiger partial charge is 0.220 e. The van der Waals surface area contributed by atoms with Gasteiger partial charge in [-0.3, -0.25) is 4.79 Å². The summed E-state index contributed by atoms with van der Waals surface area (Å²) >= 11 is 5.11. The summed E-state index contributed by atoms with van der Waals surface area (Å²) in [5.41, 5.74) is 0.181. The standard InChI is InChI=1S/C13H20BrNOS/c1-9(13(2,3)4)7-12(16)15-8-11-10(14)5-6-17-11/h5-6,9H,7-8H2,1-4H3,(H,15,16). The summed E-state index contributed by atoms with van der Waals surface area (Å²) < 4.78 is 1.08. The van der Waals surface area contributed by atoms with Gasteiger partial charge >= 0.3 is 0 Å². The number of carbonyl (C=O) groups excluding carboxylic acids is 1. The summed E-state index contributed by atoms with van der Waals surface area (Å²) in [7, 11) is 0. The first-order valence-corrected chi connectivity index (χ1v) is 7.46. The topological polar surface area (TPSA) is 29.1 Å². The molecule has 0 fully saturated rings. The Morgan fingerprint density at radius 3 is 2.65 bits per heavy atom. The molecule has 1 rings (SSSR count). The molecule has 1 amide bonds. The minimum absolute atomic E-state index is 0.132. The molecule has 0 saturated heterocycles. The maximum absolute atomic E-state index is 11.8. The summed E-state index contributed by atoms with van der Waals surface area (Å²) in [5, 5.41) is 4.99. The highest BCUT2D eigenvalue weighted by molar-refractivity contribution is 9.10. The highest BCUT2D eigenvalue weighted by Gasteiger charge is 2.22. The van der Waals surface area contributed by atoms with Crippen LogP contribution in [0, 0.1) is 11.3 Å². The first kappa shape index (κ1) is 14.7. The molecule has 1 N–H and O–H groups in total. The van der Waals surface area contributed by atoms with Crippen LogP contribution < -0.4 is 5.32 Å². The fourth-order valence-corrected chi connectivity index (χ4v) is 2.72. The average molecular weight is 318 g/mol. The van der Waals surface area contributed by atoms with E-state index >= 15 is 0 Å².